The zero-order valence-corrected chi connectivity index (χ0v) is 17.5. The van der Waals surface area contributed by atoms with Crippen molar-refractivity contribution in [1.82, 2.24) is 15.1 Å². The predicted molar refractivity (Wildman–Crippen MR) is 120 cm³/mol. The minimum atomic E-state index is -0.201. The Hall–Kier alpha value is -3.85. The van der Waals surface area contributed by atoms with Gasteiger partial charge in [-0.1, -0.05) is 30.0 Å². The lowest BCUT2D eigenvalue weighted by Gasteiger charge is -2.26. The average Bonchev–Trinajstić information content (AvgIpc) is 3.19. The molecule has 0 spiro atoms. The van der Waals surface area contributed by atoms with Crippen LogP contribution in [0.2, 0.25) is 0 Å². The van der Waals surface area contributed by atoms with Gasteiger partial charge in [-0.2, -0.15) is 5.10 Å². The maximum absolute atomic E-state index is 12.5. The Morgan fingerprint density at radius 3 is 2.58 bits per heavy atom. The van der Waals surface area contributed by atoms with Gasteiger partial charge in [-0.3, -0.25) is 9.59 Å². The van der Waals surface area contributed by atoms with Crippen molar-refractivity contribution in [1.29, 1.82) is 0 Å². The van der Waals surface area contributed by atoms with Crippen LogP contribution in [0.15, 0.2) is 60.8 Å². The fraction of sp³-hybridized carbons (Fsp3) is 0.240. The molecule has 2 heterocycles. The second-order valence-corrected chi connectivity index (χ2v) is 7.42. The van der Waals surface area contributed by atoms with Gasteiger partial charge in [0.1, 0.15) is 0 Å². The molecule has 0 aliphatic carbocycles. The van der Waals surface area contributed by atoms with Crippen molar-refractivity contribution in [2.24, 2.45) is 0 Å². The molecule has 0 atom stereocenters. The molecule has 6 nitrogen and oxygen atoms in total. The first kappa shape index (κ1) is 20.4. The minimum absolute atomic E-state index is 0.179. The van der Waals surface area contributed by atoms with E-state index in [9.17, 15) is 9.59 Å². The van der Waals surface area contributed by atoms with Crippen molar-refractivity contribution < 1.29 is 9.59 Å². The Morgan fingerprint density at radius 2 is 1.84 bits per heavy atom. The third-order valence-electron chi connectivity index (χ3n) is 5.33. The van der Waals surface area contributed by atoms with E-state index in [0.717, 1.165) is 42.0 Å². The highest BCUT2D eigenvalue weighted by atomic mass is 16.2. The number of rotatable bonds is 4. The smallest absolute Gasteiger partial charge is 0.255 e. The molecule has 0 saturated carbocycles. The molecule has 1 fully saturated rings. The molecule has 3 aromatic rings. The Balaban J connectivity index is 1.35. The minimum Gasteiger partial charge on any atom is -0.341 e. The summed E-state index contributed by atoms with van der Waals surface area (Å²) in [5.74, 6) is 6.01. The molecule has 31 heavy (non-hydrogen) atoms. The van der Waals surface area contributed by atoms with E-state index >= 15 is 0 Å². The first-order valence-corrected chi connectivity index (χ1v) is 10.4. The summed E-state index contributed by atoms with van der Waals surface area (Å²) in [5.41, 5.74) is 3.97. The number of nitrogens with zero attached hydrogens (tertiary/aromatic N) is 3. The van der Waals surface area contributed by atoms with Gasteiger partial charge >= 0.3 is 0 Å². The zero-order chi connectivity index (χ0) is 21.6. The van der Waals surface area contributed by atoms with E-state index in [0.29, 0.717) is 12.0 Å². The molecule has 6 heteroatoms. The molecule has 1 aliphatic heterocycles. The number of amides is 2. The van der Waals surface area contributed by atoms with Gasteiger partial charge < -0.3 is 10.2 Å². The van der Waals surface area contributed by atoms with Crippen LogP contribution >= 0.6 is 0 Å². The summed E-state index contributed by atoms with van der Waals surface area (Å²) in [5, 5.41) is 7.15. The summed E-state index contributed by atoms with van der Waals surface area (Å²) in [6.45, 7) is 2.88. The standard InChI is InChI=1S/C25H24N4O2/c1-19-23(18-27-29(19)22-9-3-2-4-10-22)25(31)26-16-7-8-20-12-14-21(15-13-20)28-17-6-5-11-24(28)30/h2-4,9-10,12-15,18H,5-6,11,16-17H2,1H3,(H,26,31). The van der Waals surface area contributed by atoms with Crippen LogP contribution in [-0.2, 0) is 4.79 Å². The summed E-state index contributed by atoms with van der Waals surface area (Å²) in [4.78, 5) is 26.4. The second kappa shape index (κ2) is 9.31. The largest absolute Gasteiger partial charge is 0.341 e. The highest BCUT2D eigenvalue weighted by Crippen LogP contribution is 2.21. The van der Waals surface area contributed by atoms with Crippen LogP contribution in [0.4, 0.5) is 5.69 Å². The SMILES string of the molecule is Cc1c(C(=O)NCC#Cc2ccc(N3CCCCC3=O)cc2)cnn1-c1ccccc1. The van der Waals surface area contributed by atoms with Crippen molar-refractivity contribution in [3.8, 4) is 17.5 Å². The molecule has 0 radical (unpaired) electrons. The van der Waals surface area contributed by atoms with Crippen molar-refractivity contribution in [2.45, 2.75) is 26.2 Å². The number of aromatic nitrogens is 2. The lowest BCUT2D eigenvalue weighted by atomic mass is 10.1. The van der Waals surface area contributed by atoms with Crippen LogP contribution < -0.4 is 10.2 Å². The van der Waals surface area contributed by atoms with Crippen LogP contribution in [0.5, 0.6) is 0 Å². The number of carbonyl (C=O) groups excluding carboxylic acids is 2. The van der Waals surface area contributed by atoms with E-state index in [1.54, 1.807) is 10.9 Å². The first-order valence-electron chi connectivity index (χ1n) is 10.4. The lowest BCUT2D eigenvalue weighted by molar-refractivity contribution is -0.119. The number of para-hydroxylation sites is 1. The topological polar surface area (TPSA) is 67.2 Å². The molecule has 1 saturated heterocycles. The van der Waals surface area contributed by atoms with Gasteiger partial charge in [-0.25, -0.2) is 4.68 Å². The average molecular weight is 412 g/mol. The Bertz CT molecular complexity index is 1140. The monoisotopic (exact) mass is 412 g/mol. The Kier molecular flexibility index (Phi) is 6.13. The maximum Gasteiger partial charge on any atom is 0.255 e. The van der Waals surface area contributed by atoms with Crippen LogP contribution in [0, 0.1) is 18.8 Å². The van der Waals surface area contributed by atoms with Crippen molar-refractivity contribution in [3.63, 3.8) is 0 Å². The molecule has 156 valence electrons. The molecule has 0 unspecified atom stereocenters. The molecule has 0 bridgehead atoms. The molecule has 1 aromatic heterocycles. The van der Waals surface area contributed by atoms with Crippen LogP contribution in [0.25, 0.3) is 5.69 Å². The molecule has 1 N–H and O–H groups in total. The summed E-state index contributed by atoms with van der Waals surface area (Å²) >= 11 is 0. The van der Waals surface area contributed by atoms with Gasteiger partial charge in [0.2, 0.25) is 5.91 Å². The number of carbonyl (C=O) groups is 2. The quantitative estimate of drug-likeness (QED) is 0.667. The number of nitrogens with one attached hydrogen (secondary N) is 1. The fourth-order valence-electron chi connectivity index (χ4n) is 3.63. The number of benzene rings is 2. The summed E-state index contributed by atoms with van der Waals surface area (Å²) < 4.78 is 1.75. The number of hydrogen-bond acceptors (Lipinski definition) is 3. The van der Waals surface area contributed by atoms with Gasteiger partial charge in [-0.15, -0.1) is 0 Å². The lowest BCUT2D eigenvalue weighted by Crippen LogP contribution is -2.35. The van der Waals surface area contributed by atoms with Gasteiger partial charge in [0.25, 0.3) is 5.91 Å². The van der Waals surface area contributed by atoms with Crippen molar-refractivity contribution in [3.05, 3.63) is 77.6 Å². The van der Waals surface area contributed by atoms with Gasteiger partial charge in [0.05, 0.1) is 29.7 Å². The summed E-state index contributed by atoms with van der Waals surface area (Å²) in [7, 11) is 0. The number of hydrogen-bond donors (Lipinski definition) is 1. The first-order chi connectivity index (χ1) is 15.1. The van der Waals surface area contributed by atoms with Gasteiger partial charge in [-0.05, 0) is 56.2 Å². The molecular formula is C25H24N4O2. The van der Waals surface area contributed by atoms with Crippen LogP contribution in [-0.4, -0.2) is 34.7 Å². The maximum atomic E-state index is 12.5. The summed E-state index contributed by atoms with van der Waals surface area (Å²) in [6.07, 6.45) is 4.20. The van der Waals surface area contributed by atoms with Gasteiger partial charge in [0.15, 0.2) is 0 Å². The molecular weight excluding hydrogens is 388 g/mol. The predicted octanol–water partition coefficient (Wildman–Crippen LogP) is 3.48. The third kappa shape index (κ3) is 4.67. The van der Waals surface area contributed by atoms with E-state index < -0.39 is 0 Å². The van der Waals surface area contributed by atoms with E-state index in [1.165, 1.54) is 0 Å². The molecule has 2 amide bonds. The Morgan fingerprint density at radius 1 is 1.06 bits per heavy atom. The zero-order valence-electron chi connectivity index (χ0n) is 17.5. The highest BCUT2D eigenvalue weighted by molar-refractivity contribution is 5.95. The second-order valence-electron chi connectivity index (χ2n) is 7.42. The van der Waals surface area contributed by atoms with Crippen LogP contribution in [0.1, 0.15) is 40.9 Å². The molecule has 1 aliphatic rings. The number of anilines is 1. The fourth-order valence-corrected chi connectivity index (χ4v) is 3.63. The van der Waals surface area contributed by atoms with E-state index in [-0.39, 0.29) is 18.4 Å². The highest BCUT2D eigenvalue weighted by Gasteiger charge is 2.19. The normalized spacial score (nSPS) is 13.5. The van der Waals surface area contributed by atoms with E-state index in [1.807, 2.05) is 66.4 Å². The molecule has 4 rings (SSSR count). The Labute approximate surface area is 181 Å². The van der Waals surface area contributed by atoms with Gasteiger partial charge in [0, 0.05) is 24.2 Å². The van der Waals surface area contributed by atoms with Crippen molar-refractivity contribution in [2.75, 3.05) is 18.0 Å². The summed E-state index contributed by atoms with van der Waals surface area (Å²) in [6, 6.07) is 17.3. The van der Waals surface area contributed by atoms with E-state index in [4.69, 9.17) is 0 Å². The van der Waals surface area contributed by atoms with E-state index in [2.05, 4.69) is 22.3 Å². The van der Waals surface area contributed by atoms with Crippen LogP contribution in [0.3, 0.4) is 0 Å². The third-order valence-corrected chi connectivity index (χ3v) is 5.33. The number of piperidine rings is 1. The molecule has 2 aromatic carbocycles. The van der Waals surface area contributed by atoms with Crippen molar-refractivity contribution >= 4 is 17.5 Å².